The maximum absolute atomic E-state index is 12.7. The van der Waals surface area contributed by atoms with Crippen molar-refractivity contribution in [2.75, 3.05) is 13.7 Å². The van der Waals surface area contributed by atoms with Gasteiger partial charge in [0.15, 0.2) is 0 Å². The first-order valence-electron chi connectivity index (χ1n) is 7.85. The summed E-state index contributed by atoms with van der Waals surface area (Å²) in [7, 11) is -2.00. The van der Waals surface area contributed by atoms with Crippen LogP contribution in [0.3, 0.4) is 0 Å². The largest absolute Gasteiger partial charge is 0.497 e. The molecule has 0 aromatic heterocycles. The summed E-state index contributed by atoms with van der Waals surface area (Å²) in [6, 6.07) is 4.80. The Bertz CT molecular complexity index is 595. The first-order valence-corrected chi connectivity index (χ1v) is 9.33. The second-order valence-corrected chi connectivity index (χ2v) is 7.68. The highest BCUT2D eigenvalue weighted by Crippen LogP contribution is 2.28. The van der Waals surface area contributed by atoms with Gasteiger partial charge in [-0.3, -0.25) is 0 Å². The highest BCUT2D eigenvalue weighted by Gasteiger charge is 2.28. The van der Waals surface area contributed by atoms with Crippen molar-refractivity contribution in [2.24, 2.45) is 11.7 Å². The molecule has 6 heteroatoms. The van der Waals surface area contributed by atoms with E-state index in [0.717, 1.165) is 25.7 Å². The maximum Gasteiger partial charge on any atom is 0.241 e. The van der Waals surface area contributed by atoms with E-state index < -0.39 is 10.0 Å². The van der Waals surface area contributed by atoms with Crippen molar-refractivity contribution < 1.29 is 13.2 Å². The fourth-order valence-electron chi connectivity index (χ4n) is 3.19. The fourth-order valence-corrected chi connectivity index (χ4v) is 4.73. The summed E-state index contributed by atoms with van der Waals surface area (Å²) in [4.78, 5) is 0.294. The number of aryl methyl sites for hydroxylation is 1. The molecule has 0 heterocycles. The third-order valence-corrected chi connectivity index (χ3v) is 6.10. The molecule has 3 N–H and O–H groups in total. The summed E-state index contributed by atoms with van der Waals surface area (Å²) >= 11 is 0. The van der Waals surface area contributed by atoms with Crippen LogP contribution in [-0.4, -0.2) is 28.1 Å². The van der Waals surface area contributed by atoms with Crippen LogP contribution >= 0.6 is 0 Å². The Morgan fingerprint density at radius 2 is 2.00 bits per heavy atom. The van der Waals surface area contributed by atoms with E-state index in [1.807, 2.05) is 0 Å². The van der Waals surface area contributed by atoms with Crippen molar-refractivity contribution in [1.82, 2.24) is 4.72 Å². The smallest absolute Gasteiger partial charge is 0.241 e. The monoisotopic (exact) mass is 326 g/mol. The zero-order valence-corrected chi connectivity index (χ0v) is 14.2. The molecule has 0 radical (unpaired) electrons. The van der Waals surface area contributed by atoms with Gasteiger partial charge in [0.2, 0.25) is 10.0 Å². The lowest BCUT2D eigenvalue weighted by atomic mass is 9.84. The number of ether oxygens (including phenoxy) is 1. The predicted octanol–water partition coefficient (Wildman–Crippen LogP) is 2.19. The van der Waals surface area contributed by atoms with E-state index in [9.17, 15) is 8.42 Å². The molecular formula is C16H26N2O3S. The topological polar surface area (TPSA) is 81.4 Å². The lowest BCUT2D eigenvalue weighted by Crippen LogP contribution is -2.45. The number of sulfonamides is 1. The molecular weight excluding hydrogens is 300 g/mol. The van der Waals surface area contributed by atoms with Crippen LogP contribution in [0, 0.1) is 12.8 Å². The summed E-state index contributed by atoms with van der Waals surface area (Å²) in [6.07, 6.45) is 5.64. The molecule has 1 aliphatic rings. The van der Waals surface area contributed by atoms with Crippen LogP contribution in [-0.2, 0) is 10.0 Å². The van der Waals surface area contributed by atoms with Gasteiger partial charge < -0.3 is 10.5 Å². The SMILES string of the molecule is COc1ccc(S(=O)(=O)NC(CN)C2CCCCC2)c(C)c1. The van der Waals surface area contributed by atoms with Crippen LogP contribution in [0.4, 0.5) is 0 Å². The normalized spacial score (nSPS) is 18.1. The maximum atomic E-state index is 12.7. The zero-order valence-electron chi connectivity index (χ0n) is 13.3. The summed E-state index contributed by atoms with van der Waals surface area (Å²) in [5, 5.41) is 0. The van der Waals surface area contributed by atoms with Crippen LogP contribution < -0.4 is 15.2 Å². The molecule has 5 nitrogen and oxygen atoms in total. The van der Waals surface area contributed by atoms with Gasteiger partial charge in [0.25, 0.3) is 0 Å². The van der Waals surface area contributed by atoms with Crippen LogP contribution in [0.1, 0.15) is 37.7 Å². The lowest BCUT2D eigenvalue weighted by molar-refractivity contribution is 0.294. The van der Waals surface area contributed by atoms with Gasteiger partial charge in [0.05, 0.1) is 12.0 Å². The Kier molecular flexibility index (Phi) is 5.83. The molecule has 1 aromatic rings. The van der Waals surface area contributed by atoms with Gasteiger partial charge in [0.1, 0.15) is 5.75 Å². The van der Waals surface area contributed by atoms with Gasteiger partial charge in [-0.2, -0.15) is 0 Å². The number of hydrogen-bond donors (Lipinski definition) is 2. The highest BCUT2D eigenvalue weighted by molar-refractivity contribution is 7.89. The molecule has 0 aliphatic heterocycles. The van der Waals surface area contributed by atoms with Crippen molar-refractivity contribution in [2.45, 2.75) is 50.0 Å². The van der Waals surface area contributed by atoms with Crippen LogP contribution in [0.5, 0.6) is 5.75 Å². The van der Waals surface area contributed by atoms with Gasteiger partial charge in [-0.25, -0.2) is 13.1 Å². The molecule has 0 bridgehead atoms. The van der Waals surface area contributed by atoms with E-state index in [2.05, 4.69) is 4.72 Å². The third-order valence-electron chi connectivity index (χ3n) is 4.45. The Balaban J connectivity index is 2.18. The Labute approximate surface area is 133 Å². The Morgan fingerprint density at radius 1 is 1.32 bits per heavy atom. The minimum Gasteiger partial charge on any atom is -0.497 e. The van der Waals surface area contributed by atoms with E-state index in [1.165, 1.54) is 6.42 Å². The second-order valence-electron chi connectivity index (χ2n) is 5.99. The van der Waals surface area contributed by atoms with Crippen LogP contribution in [0.15, 0.2) is 23.1 Å². The second kappa shape index (κ2) is 7.44. The quantitative estimate of drug-likeness (QED) is 0.839. The minimum absolute atomic E-state index is 0.188. The third kappa shape index (κ3) is 4.00. The Hall–Kier alpha value is -1.11. The molecule has 1 atom stereocenters. The lowest BCUT2D eigenvalue weighted by Gasteiger charge is -2.30. The first-order chi connectivity index (χ1) is 10.5. The van der Waals surface area contributed by atoms with E-state index in [0.29, 0.717) is 28.7 Å². The summed E-state index contributed by atoms with van der Waals surface area (Å²) in [5.41, 5.74) is 6.50. The molecule has 0 spiro atoms. The van der Waals surface area contributed by atoms with E-state index in [4.69, 9.17) is 10.5 Å². The van der Waals surface area contributed by atoms with Gasteiger partial charge in [0, 0.05) is 12.6 Å². The van der Waals surface area contributed by atoms with Crippen molar-refractivity contribution in [3.63, 3.8) is 0 Å². The number of nitrogens with two attached hydrogens (primary N) is 1. The predicted molar refractivity (Wildman–Crippen MR) is 87.5 cm³/mol. The number of methoxy groups -OCH3 is 1. The van der Waals surface area contributed by atoms with Crippen LogP contribution in [0.25, 0.3) is 0 Å². The highest BCUT2D eigenvalue weighted by atomic mass is 32.2. The van der Waals surface area contributed by atoms with Crippen LogP contribution in [0.2, 0.25) is 0 Å². The fraction of sp³-hybridized carbons (Fsp3) is 0.625. The summed E-state index contributed by atoms with van der Waals surface area (Å²) < 4.78 is 33.3. The summed E-state index contributed by atoms with van der Waals surface area (Å²) in [6.45, 7) is 2.11. The standard InChI is InChI=1S/C16H26N2O3S/c1-12-10-14(21-2)8-9-16(12)22(19,20)18-15(11-17)13-6-4-3-5-7-13/h8-10,13,15,18H,3-7,11,17H2,1-2H3. The van der Waals surface area contributed by atoms with Crippen molar-refractivity contribution in [1.29, 1.82) is 0 Å². The Morgan fingerprint density at radius 3 is 2.55 bits per heavy atom. The molecule has 0 amide bonds. The van der Waals surface area contributed by atoms with E-state index in [-0.39, 0.29) is 6.04 Å². The number of benzene rings is 1. The van der Waals surface area contributed by atoms with Gasteiger partial charge in [-0.05, 0) is 49.4 Å². The first kappa shape index (κ1) is 17.2. The van der Waals surface area contributed by atoms with Gasteiger partial charge in [-0.15, -0.1) is 0 Å². The van der Waals surface area contributed by atoms with Crippen molar-refractivity contribution >= 4 is 10.0 Å². The number of rotatable bonds is 6. The molecule has 0 saturated heterocycles. The molecule has 1 unspecified atom stereocenters. The van der Waals surface area contributed by atoms with Gasteiger partial charge in [-0.1, -0.05) is 19.3 Å². The average molecular weight is 326 g/mol. The molecule has 1 aromatic carbocycles. The number of nitrogens with one attached hydrogen (secondary N) is 1. The average Bonchev–Trinajstić information content (AvgIpc) is 2.53. The summed E-state index contributed by atoms with van der Waals surface area (Å²) in [5.74, 6) is 0.992. The van der Waals surface area contributed by atoms with Gasteiger partial charge >= 0.3 is 0 Å². The molecule has 1 aliphatic carbocycles. The molecule has 124 valence electrons. The van der Waals surface area contributed by atoms with Crippen molar-refractivity contribution in [3.8, 4) is 5.75 Å². The molecule has 2 rings (SSSR count). The zero-order chi connectivity index (χ0) is 16.2. The number of hydrogen-bond acceptors (Lipinski definition) is 4. The molecule has 1 saturated carbocycles. The van der Waals surface area contributed by atoms with E-state index in [1.54, 1.807) is 32.2 Å². The molecule has 22 heavy (non-hydrogen) atoms. The van der Waals surface area contributed by atoms with Crippen molar-refractivity contribution in [3.05, 3.63) is 23.8 Å². The molecule has 1 fully saturated rings. The minimum atomic E-state index is -3.56. The van der Waals surface area contributed by atoms with E-state index >= 15 is 0 Å².